The van der Waals surface area contributed by atoms with Gasteiger partial charge in [0.05, 0.1) is 5.69 Å². The lowest BCUT2D eigenvalue weighted by Gasteiger charge is -2.05. The summed E-state index contributed by atoms with van der Waals surface area (Å²) in [6.07, 6.45) is 0. The molecule has 2 N–H and O–H groups in total. The van der Waals surface area contributed by atoms with Gasteiger partial charge < -0.3 is 10.4 Å². The lowest BCUT2D eigenvalue weighted by atomic mass is 10.3. The molecular formula is C10H6BrN3OS. The van der Waals surface area contributed by atoms with Crippen LogP contribution in [0, 0.1) is 11.3 Å². The maximum absolute atomic E-state index is 9.30. The summed E-state index contributed by atoms with van der Waals surface area (Å²) in [5.74, 6) is -0.234. The van der Waals surface area contributed by atoms with Crippen LogP contribution in [-0.4, -0.2) is 9.48 Å². The minimum Gasteiger partial charge on any atom is -0.492 e. The molecule has 0 spiro atoms. The van der Waals surface area contributed by atoms with Crippen molar-refractivity contribution in [3.05, 3.63) is 34.3 Å². The minimum atomic E-state index is -0.234. The Kier molecular flexibility index (Phi) is 3.08. The number of anilines is 2. The summed E-state index contributed by atoms with van der Waals surface area (Å²) in [6, 6.07) is 9.42. The molecule has 0 aliphatic carbocycles. The fourth-order valence-corrected chi connectivity index (χ4v) is 2.19. The van der Waals surface area contributed by atoms with Gasteiger partial charge in [-0.15, -0.1) is 0 Å². The first-order valence-corrected chi connectivity index (χ1v) is 5.89. The maximum Gasteiger partial charge on any atom is 0.243 e. The van der Waals surface area contributed by atoms with E-state index in [1.807, 2.05) is 30.3 Å². The number of nitriles is 1. The third-order valence-electron chi connectivity index (χ3n) is 1.91. The van der Waals surface area contributed by atoms with Gasteiger partial charge in [0, 0.05) is 4.47 Å². The van der Waals surface area contributed by atoms with Crippen molar-refractivity contribution in [1.82, 2.24) is 4.37 Å². The van der Waals surface area contributed by atoms with Crippen molar-refractivity contribution in [2.24, 2.45) is 0 Å². The van der Waals surface area contributed by atoms with E-state index in [0.717, 1.165) is 21.7 Å². The Morgan fingerprint density at radius 1 is 1.44 bits per heavy atom. The van der Waals surface area contributed by atoms with Crippen molar-refractivity contribution < 1.29 is 5.11 Å². The highest BCUT2D eigenvalue weighted by Crippen LogP contribution is 2.33. The summed E-state index contributed by atoms with van der Waals surface area (Å²) in [4.78, 5) is 0. The standard InChI is InChI=1S/C10H6BrN3OS/c11-7-3-1-2-4-8(7)13-10-6(5-12)9(15)14-16-10/h1-4,13H,(H,14,15). The monoisotopic (exact) mass is 295 g/mol. The average Bonchev–Trinajstić information content (AvgIpc) is 2.63. The van der Waals surface area contributed by atoms with Crippen LogP contribution in [-0.2, 0) is 0 Å². The minimum absolute atomic E-state index is 0.167. The number of aromatic hydroxyl groups is 1. The SMILES string of the molecule is N#Cc1c(O)nsc1Nc1ccccc1Br. The molecule has 0 radical (unpaired) electrons. The molecule has 16 heavy (non-hydrogen) atoms. The van der Waals surface area contributed by atoms with Crippen LogP contribution in [0.4, 0.5) is 10.7 Å². The van der Waals surface area contributed by atoms with Crippen molar-refractivity contribution in [3.8, 4) is 11.9 Å². The highest BCUT2D eigenvalue weighted by atomic mass is 79.9. The molecule has 0 aliphatic rings. The topological polar surface area (TPSA) is 68.9 Å². The predicted molar refractivity (Wildman–Crippen MR) is 65.9 cm³/mol. The number of hydrogen-bond acceptors (Lipinski definition) is 5. The largest absolute Gasteiger partial charge is 0.492 e. The van der Waals surface area contributed by atoms with Crippen LogP contribution >= 0.6 is 27.5 Å². The molecular weight excluding hydrogens is 290 g/mol. The first-order chi connectivity index (χ1) is 7.72. The van der Waals surface area contributed by atoms with Gasteiger partial charge in [-0.2, -0.15) is 9.64 Å². The van der Waals surface area contributed by atoms with E-state index in [0.29, 0.717) is 5.00 Å². The molecule has 80 valence electrons. The van der Waals surface area contributed by atoms with E-state index in [4.69, 9.17) is 5.26 Å². The van der Waals surface area contributed by atoms with Gasteiger partial charge in [0.1, 0.15) is 11.1 Å². The molecule has 6 heteroatoms. The van der Waals surface area contributed by atoms with Crippen LogP contribution in [0.3, 0.4) is 0 Å². The highest BCUT2D eigenvalue weighted by molar-refractivity contribution is 9.10. The Morgan fingerprint density at radius 3 is 2.88 bits per heavy atom. The van der Waals surface area contributed by atoms with Crippen LogP contribution in [0.15, 0.2) is 28.7 Å². The van der Waals surface area contributed by atoms with E-state index in [9.17, 15) is 5.11 Å². The Bertz CT molecular complexity index is 561. The zero-order chi connectivity index (χ0) is 11.5. The van der Waals surface area contributed by atoms with E-state index in [1.54, 1.807) is 0 Å². The van der Waals surface area contributed by atoms with E-state index in [1.165, 1.54) is 0 Å². The lowest BCUT2D eigenvalue weighted by Crippen LogP contribution is -1.90. The summed E-state index contributed by atoms with van der Waals surface area (Å²) >= 11 is 4.43. The van der Waals surface area contributed by atoms with E-state index in [2.05, 4.69) is 25.6 Å². The summed E-state index contributed by atoms with van der Waals surface area (Å²) < 4.78 is 4.59. The van der Waals surface area contributed by atoms with Crippen LogP contribution in [0.2, 0.25) is 0 Å². The van der Waals surface area contributed by atoms with Crippen molar-refractivity contribution in [1.29, 1.82) is 5.26 Å². The third-order valence-corrected chi connectivity index (χ3v) is 3.35. The van der Waals surface area contributed by atoms with E-state index < -0.39 is 0 Å². The smallest absolute Gasteiger partial charge is 0.243 e. The molecule has 1 aromatic heterocycles. The van der Waals surface area contributed by atoms with Crippen molar-refractivity contribution in [3.63, 3.8) is 0 Å². The highest BCUT2D eigenvalue weighted by Gasteiger charge is 2.13. The quantitative estimate of drug-likeness (QED) is 0.892. The Morgan fingerprint density at radius 2 is 2.19 bits per heavy atom. The molecule has 1 heterocycles. The number of hydrogen-bond donors (Lipinski definition) is 2. The average molecular weight is 296 g/mol. The molecule has 0 aliphatic heterocycles. The van der Waals surface area contributed by atoms with Gasteiger partial charge >= 0.3 is 0 Å². The molecule has 0 amide bonds. The summed E-state index contributed by atoms with van der Waals surface area (Å²) in [5, 5.41) is 21.7. The van der Waals surface area contributed by atoms with Gasteiger partial charge in [0.2, 0.25) is 5.88 Å². The van der Waals surface area contributed by atoms with Crippen molar-refractivity contribution >= 4 is 38.2 Å². The molecule has 0 atom stereocenters. The molecule has 4 nitrogen and oxygen atoms in total. The first-order valence-electron chi connectivity index (χ1n) is 4.32. The predicted octanol–water partition coefficient (Wildman–Crippen LogP) is 3.23. The van der Waals surface area contributed by atoms with Gasteiger partial charge in [-0.25, -0.2) is 0 Å². The van der Waals surface area contributed by atoms with Gasteiger partial charge in [-0.3, -0.25) is 0 Å². The van der Waals surface area contributed by atoms with Crippen LogP contribution in [0.25, 0.3) is 0 Å². The van der Waals surface area contributed by atoms with Crippen LogP contribution in [0.1, 0.15) is 5.56 Å². The van der Waals surface area contributed by atoms with Gasteiger partial charge in [0.15, 0.2) is 5.56 Å². The number of aromatic nitrogens is 1. The van der Waals surface area contributed by atoms with Gasteiger partial charge in [-0.05, 0) is 39.6 Å². The number of nitrogens with zero attached hydrogens (tertiary/aromatic N) is 2. The second-order valence-corrected chi connectivity index (χ2v) is 4.55. The number of rotatable bonds is 2. The van der Waals surface area contributed by atoms with Crippen molar-refractivity contribution in [2.75, 3.05) is 5.32 Å². The van der Waals surface area contributed by atoms with Crippen LogP contribution in [0.5, 0.6) is 5.88 Å². The molecule has 1 aromatic carbocycles. The number of para-hydroxylation sites is 1. The van der Waals surface area contributed by atoms with Gasteiger partial charge in [-0.1, -0.05) is 12.1 Å². The molecule has 0 saturated heterocycles. The summed E-state index contributed by atoms with van der Waals surface area (Å²) in [6.45, 7) is 0. The Hall–Kier alpha value is -1.58. The second kappa shape index (κ2) is 4.51. The number of nitrogens with one attached hydrogen (secondary N) is 1. The normalized spacial score (nSPS) is 9.75. The summed E-state index contributed by atoms with van der Waals surface area (Å²) in [5.41, 5.74) is 0.989. The lowest BCUT2D eigenvalue weighted by molar-refractivity contribution is 0.458. The van der Waals surface area contributed by atoms with Crippen molar-refractivity contribution in [2.45, 2.75) is 0 Å². The molecule has 0 fully saturated rings. The number of benzene rings is 1. The fourth-order valence-electron chi connectivity index (χ4n) is 1.15. The Labute approximate surface area is 104 Å². The fraction of sp³-hybridized carbons (Fsp3) is 0. The maximum atomic E-state index is 9.30. The third kappa shape index (κ3) is 2.01. The summed E-state index contributed by atoms with van der Waals surface area (Å²) in [7, 11) is 0. The van der Waals surface area contributed by atoms with Crippen LogP contribution < -0.4 is 5.32 Å². The molecule has 2 rings (SSSR count). The molecule has 0 bridgehead atoms. The zero-order valence-electron chi connectivity index (χ0n) is 7.94. The number of halogens is 1. The molecule has 0 saturated carbocycles. The molecule has 0 unspecified atom stereocenters. The first kappa shape index (κ1) is 10.9. The van der Waals surface area contributed by atoms with E-state index >= 15 is 0 Å². The van der Waals surface area contributed by atoms with E-state index in [-0.39, 0.29) is 11.4 Å². The second-order valence-electron chi connectivity index (χ2n) is 2.93. The molecule has 2 aromatic rings. The Balaban J connectivity index is 2.35. The zero-order valence-corrected chi connectivity index (χ0v) is 10.3. The van der Waals surface area contributed by atoms with Gasteiger partial charge in [0.25, 0.3) is 0 Å².